The number of hydrogen-bond donors (Lipinski definition) is 0. The summed E-state index contributed by atoms with van der Waals surface area (Å²) in [5.74, 6) is 0. The third-order valence-electron chi connectivity index (χ3n) is 3.68. The van der Waals surface area contributed by atoms with Crippen molar-refractivity contribution in [1.82, 2.24) is 4.98 Å². The molecule has 0 saturated carbocycles. The number of hydrogen-bond acceptors (Lipinski definition) is 3. The number of fused-ring (bicyclic) bond motifs is 1. The van der Waals surface area contributed by atoms with Gasteiger partial charge in [-0.1, -0.05) is 36.4 Å². The second-order valence-electron chi connectivity index (χ2n) is 5.43. The molecular weight excluding hydrogens is 288 g/mol. The van der Waals surface area contributed by atoms with Gasteiger partial charge < -0.3 is 4.74 Å². The van der Waals surface area contributed by atoms with Crippen molar-refractivity contribution >= 4 is 22.7 Å². The summed E-state index contributed by atoms with van der Waals surface area (Å²) < 4.78 is 5.35. The maximum atomic E-state index is 12.2. The van der Waals surface area contributed by atoms with Gasteiger partial charge in [-0.2, -0.15) is 0 Å². The van der Waals surface area contributed by atoms with Gasteiger partial charge in [0, 0.05) is 23.8 Å². The smallest absolute Gasteiger partial charge is 0.414 e. The summed E-state index contributed by atoms with van der Waals surface area (Å²) in [5, 5.41) is 0.996. The van der Waals surface area contributed by atoms with Gasteiger partial charge in [0.15, 0.2) is 0 Å². The molecule has 0 saturated heterocycles. The standard InChI is InChI=1S/C19H18N2O2/c1-14-8-9-16-12-17(10-11-18(16)20-14)21(2)19(22)23-13-15-6-4-3-5-7-15/h3-12H,13H2,1-2H3. The zero-order valence-electron chi connectivity index (χ0n) is 13.2. The van der Waals surface area contributed by atoms with E-state index < -0.39 is 0 Å². The molecule has 4 nitrogen and oxygen atoms in total. The van der Waals surface area contributed by atoms with Gasteiger partial charge in [-0.15, -0.1) is 0 Å². The van der Waals surface area contributed by atoms with Crippen molar-refractivity contribution in [2.24, 2.45) is 0 Å². The Hall–Kier alpha value is -2.88. The van der Waals surface area contributed by atoms with Gasteiger partial charge >= 0.3 is 6.09 Å². The number of benzene rings is 2. The third-order valence-corrected chi connectivity index (χ3v) is 3.68. The van der Waals surface area contributed by atoms with Crippen LogP contribution in [0, 0.1) is 6.92 Å². The lowest BCUT2D eigenvalue weighted by Gasteiger charge is -2.17. The molecular formula is C19H18N2O2. The Morgan fingerprint density at radius 2 is 1.87 bits per heavy atom. The summed E-state index contributed by atoms with van der Waals surface area (Å²) in [7, 11) is 1.70. The van der Waals surface area contributed by atoms with E-state index in [1.54, 1.807) is 7.05 Å². The Morgan fingerprint density at radius 1 is 1.09 bits per heavy atom. The van der Waals surface area contributed by atoms with E-state index in [9.17, 15) is 4.79 Å². The number of ether oxygens (including phenoxy) is 1. The van der Waals surface area contributed by atoms with Crippen LogP contribution in [0.5, 0.6) is 0 Å². The summed E-state index contributed by atoms with van der Waals surface area (Å²) in [6, 6.07) is 19.3. The molecule has 0 unspecified atom stereocenters. The van der Waals surface area contributed by atoms with E-state index in [1.165, 1.54) is 4.90 Å². The molecule has 0 spiro atoms. The Balaban J connectivity index is 1.72. The monoisotopic (exact) mass is 306 g/mol. The largest absolute Gasteiger partial charge is 0.444 e. The molecule has 0 aliphatic rings. The van der Waals surface area contributed by atoms with E-state index >= 15 is 0 Å². The molecule has 0 N–H and O–H groups in total. The number of nitrogens with zero attached hydrogens (tertiary/aromatic N) is 2. The predicted molar refractivity (Wildman–Crippen MR) is 91.5 cm³/mol. The van der Waals surface area contributed by atoms with Gasteiger partial charge in [-0.25, -0.2) is 4.79 Å². The van der Waals surface area contributed by atoms with Crippen molar-refractivity contribution in [2.45, 2.75) is 13.5 Å². The van der Waals surface area contributed by atoms with Gasteiger partial charge in [0.25, 0.3) is 0 Å². The van der Waals surface area contributed by atoms with Crippen LogP contribution in [0.15, 0.2) is 60.7 Å². The highest BCUT2D eigenvalue weighted by Crippen LogP contribution is 2.21. The van der Waals surface area contributed by atoms with E-state index in [1.807, 2.05) is 67.6 Å². The summed E-state index contributed by atoms with van der Waals surface area (Å²) in [6.45, 7) is 2.22. The summed E-state index contributed by atoms with van der Waals surface area (Å²) in [6.07, 6.45) is -0.381. The Morgan fingerprint density at radius 3 is 2.65 bits per heavy atom. The topological polar surface area (TPSA) is 42.4 Å². The molecule has 0 fully saturated rings. The van der Waals surface area contributed by atoms with E-state index in [-0.39, 0.29) is 12.7 Å². The van der Waals surface area contributed by atoms with Crippen molar-refractivity contribution in [3.05, 3.63) is 71.9 Å². The second kappa shape index (κ2) is 6.48. The zero-order valence-corrected chi connectivity index (χ0v) is 13.2. The fourth-order valence-electron chi connectivity index (χ4n) is 2.35. The normalized spacial score (nSPS) is 10.5. The quantitative estimate of drug-likeness (QED) is 0.724. The Labute approximate surface area is 135 Å². The van der Waals surface area contributed by atoms with Crippen LogP contribution >= 0.6 is 0 Å². The number of rotatable bonds is 3. The minimum atomic E-state index is -0.381. The molecule has 23 heavy (non-hydrogen) atoms. The molecule has 3 rings (SSSR count). The van der Waals surface area contributed by atoms with Crippen LogP contribution in [0.1, 0.15) is 11.3 Å². The lowest BCUT2D eigenvalue weighted by atomic mass is 10.2. The van der Waals surface area contributed by atoms with Gasteiger partial charge in [-0.05, 0) is 36.8 Å². The molecule has 1 heterocycles. The molecule has 0 atom stereocenters. The number of pyridine rings is 1. The number of carbonyl (C=O) groups excluding carboxylic acids is 1. The fraction of sp³-hybridized carbons (Fsp3) is 0.158. The van der Waals surface area contributed by atoms with Crippen LogP contribution in [-0.2, 0) is 11.3 Å². The first-order valence-corrected chi connectivity index (χ1v) is 7.45. The molecule has 3 aromatic rings. The van der Waals surface area contributed by atoms with Crippen LogP contribution in [-0.4, -0.2) is 18.1 Å². The van der Waals surface area contributed by atoms with Crippen LogP contribution in [0.4, 0.5) is 10.5 Å². The van der Waals surface area contributed by atoms with Crippen LogP contribution in [0.2, 0.25) is 0 Å². The summed E-state index contributed by atoms with van der Waals surface area (Å²) in [4.78, 5) is 18.2. The van der Waals surface area contributed by atoms with Crippen molar-refractivity contribution in [3.63, 3.8) is 0 Å². The molecule has 116 valence electrons. The molecule has 1 amide bonds. The first-order chi connectivity index (χ1) is 11.1. The molecule has 0 radical (unpaired) electrons. The molecule has 1 aromatic heterocycles. The SMILES string of the molecule is Cc1ccc2cc(N(C)C(=O)OCc3ccccc3)ccc2n1. The average Bonchev–Trinajstić information content (AvgIpc) is 2.59. The van der Waals surface area contributed by atoms with E-state index in [0.29, 0.717) is 0 Å². The highest BCUT2D eigenvalue weighted by Gasteiger charge is 2.13. The number of amides is 1. The van der Waals surface area contributed by atoms with Crippen molar-refractivity contribution in [1.29, 1.82) is 0 Å². The van der Waals surface area contributed by atoms with Crippen LogP contribution in [0.25, 0.3) is 10.9 Å². The number of anilines is 1. The van der Waals surface area contributed by atoms with Gasteiger partial charge in [-0.3, -0.25) is 9.88 Å². The van der Waals surface area contributed by atoms with E-state index in [0.717, 1.165) is 27.8 Å². The predicted octanol–water partition coefficient (Wildman–Crippen LogP) is 4.32. The highest BCUT2D eigenvalue weighted by atomic mass is 16.6. The lowest BCUT2D eigenvalue weighted by Crippen LogP contribution is -2.26. The summed E-state index contributed by atoms with van der Waals surface area (Å²) in [5.41, 5.74) is 3.63. The van der Waals surface area contributed by atoms with Gasteiger partial charge in [0.1, 0.15) is 6.61 Å². The highest BCUT2D eigenvalue weighted by molar-refractivity contribution is 5.91. The second-order valence-corrected chi connectivity index (χ2v) is 5.43. The Kier molecular flexibility index (Phi) is 4.24. The molecule has 0 bridgehead atoms. The average molecular weight is 306 g/mol. The molecule has 0 aliphatic heterocycles. The summed E-state index contributed by atoms with van der Waals surface area (Å²) >= 11 is 0. The third kappa shape index (κ3) is 3.48. The van der Waals surface area contributed by atoms with Crippen LogP contribution < -0.4 is 4.90 Å². The number of carbonyl (C=O) groups is 1. The molecule has 0 aliphatic carbocycles. The fourth-order valence-corrected chi connectivity index (χ4v) is 2.35. The van der Waals surface area contributed by atoms with Crippen LogP contribution in [0.3, 0.4) is 0 Å². The maximum Gasteiger partial charge on any atom is 0.414 e. The first-order valence-electron chi connectivity index (χ1n) is 7.45. The van der Waals surface area contributed by atoms with E-state index in [4.69, 9.17) is 4.74 Å². The minimum absolute atomic E-state index is 0.262. The maximum absolute atomic E-state index is 12.2. The lowest BCUT2D eigenvalue weighted by molar-refractivity contribution is 0.148. The number of aromatic nitrogens is 1. The van der Waals surface area contributed by atoms with Crippen molar-refractivity contribution < 1.29 is 9.53 Å². The molecule has 4 heteroatoms. The zero-order chi connectivity index (χ0) is 16.2. The first kappa shape index (κ1) is 15.0. The number of aryl methyl sites for hydroxylation is 1. The molecule has 2 aromatic carbocycles. The van der Waals surface area contributed by atoms with Gasteiger partial charge in [0.2, 0.25) is 0 Å². The Bertz CT molecular complexity index is 831. The van der Waals surface area contributed by atoms with E-state index in [2.05, 4.69) is 4.98 Å². The van der Waals surface area contributed by atoms with Crippen molar-refractivity contribution in [3.8, 4) is 0 Å². The van der Waals surface area contributed by atoms with Gasteiger partial charge in [0.05, 0.1) is 5.52 Å². The minimum Gasteiger partial charge on any atom is -0.444 e. The van der Waals surface area contributed by atoms with Crippen molar-refractivity contribution in [2.75, 3.05) is 11.9 Å².